The molecule has 0 fully saturated rings. The van der Waals surface area contributed by atoms with Crippen LogP contribution in [0.25, 0.3) is 11.5 Å². The summed E-state index contributed by atoms with van der Waals surface area (Å²) in [5, 5.41) is 3.21. The van der Waals surface area contributed by atoms with Gasteiger partial charge in [0, 0.05) is 29.7 Å². The predicted molar refractivity (Wildman–Crippen MR) is 76.9 cm³/mol. The first-order valence-electron chi connectivity index (χ1n) is 6.62. The Bertz CT molecular complexity index is 566. The third-order valence-corrected chi connectivity index (χ3v) is 3.40. The van der Waals surface area contributed by atoms with Crippen LogP contribution in [0.1, 0.15) is 36.7 Å². The molecule has 0 amide bonds. The number of hydrogen-bond donors (Lipinski definition) is 1. The van der Waals surface area contributed by atoms with Crippen LogP contribution in [0.3, 0.4) is 0 Å². The highest BCUT2D eigenvalue weighted by molar-refractivity contribution is 5.54. The van der Waals surface area contributed by atoms with E-state index in [4.69, 9.17) is 0 Å². The van der Waals surface area contributed by atoms with Gasteiger partial charge in [-0.3, -0.25) is 4.98 Å². The first-order valence-corrected chi connectivity index (χ1v) is 6.62. The molecule has 100 valence electrons. The number of hydrogen-bond acceptors (Lipinski definition) is 4. The molecule has 0 aromatic carbocycles. The molecule has 4 nitrogen and oxygen atoms in total. The van der Waals surface area contributed by atoms with Gasteiger partial charge in [-0.2, -0.15) is 0 Å². The van der Waals surface area contributed by atoms with Crippen LogP contribution in [0.4, 0.5) is 0 Å². The molecule has 0 saturated heterocycles. The van der Waals surface area contributed by atoms with Crippen molar-refractivity contribution in [1.82, 2.24) is 20.3 Å². The van der Waals surface area contributed by atoms with Gasteiger partial charge in [0.1, 0.15) is 5.69 Å². The summed E-state index contributed by atoms with van der Waals surface area (Å²) in [4.78, 5) is 13.5. The fraction of sp³-hybridized carbons (Fsp3) is 0.400. The molecule has 0 spiro atoms. The van der Waals surface area contributed by atoms with Gasteiger partial charge in [0.25, 0.3) is 0 Å². The lowest BCUT2D eigenvalue weighted by Crippen LogP contribution is -2.15. The van der Waals surface area contributed by atoms with Crippen LogP contribution in [-0.4, -0.2) is 22.0 Å². The molecule has 0 radical (unpaired) electrons. The lowest BCUT2D eigenvalue weighted by Gasteiger charge is -2.13. The molecule has 0 bridgehead atoms. The second-order valence-corrected chi connectivity index (χ2v) is 4.61. The van der Waals surface area contributed by atoms with Crippen LogP contribution in [0.2, 0.25) is 0 Å². The quantitative estimate of drug-likeness (QED) is 0.913. The van der Waals surface area contributed by atoms with E-state index in [2.05, 4.69) is 40.2 Å². The number of aryl methyl sites for hydroxylation is 2. The minimum Gasteiger partial charge on any atom is -0.313 e. The SMILES string of the molecule is CCc1cccnc1-c1ncc(C(C)NC)c(C)n1. The van der Waals surface area contributed by atoms with Gasteiger partial charge in [-0.1, -0.05) is 13.0 Å². The van der Waals surface area contributed by atoms with Crippen molar-refractivity contribution in [3.05, 3.63) is 41.3 Å². The second kappa shape index (κ2) is 5.89. The van der Waals surface area contributed by atoms with E-state index in [-0.39, 0.29) is 6.04 Å². The van der Waals surface area contributed by atoms with Crippen molar-refractivity contribution in [2.24, 2.45) is 0 Å². The molecule has 0 saturated carbocycles. The summed E-state index contributed by atoms with van der Waals surface area (Å²) < 4.78 is 0. The van der Waals surface area contributed by atoms with E-state index in [9.17, 15) is 0 Å². The molecule has 2 aromatic rings. The lowest BCUT2D eigenvalue weighted by atomic mass is 10.1. The Kier molecular flexibility index (Phi) is 4.22. The van der Waals surface area contributed by atoms with E-state index in [0.29, 0.717) is 5.82 Å². The lowest BCUT2D eigenvalue weighted by molar-refractivity contribution is 0.641. The van der Waals surface area contributed by atoms with Gasteiger partial charge < -0.3 is 5.32 Å². The van der Waals surface area contributed by atoms with Gasteiger partial charge in [-0.15, -0.1) is 0 Å². The number of pyridine rings is 1. The highest BCUT2D eigenvalue weighted by Gasteiger charge is 2.12. The zero-order valence-electron chi connectivity index (χ0n) is 11.9. The van der Waals surface area contributed by atoms with Crippen molar-refractivity contribution in [2.45, 2.75) is 33.2 Å². The number of rotatable bonds is 4. The molecular formula is C15H20N4. The van der Waals surface area contributed by atoms with E-state index in [1.54, 1.807) is 6.20 Å². The average molecular weight is 256 g/mol. The largest absolute Gasteiger partial charge is 0.313 e. The second-order valence-electron chi connectivity index (χ2n) is 4.61. The maximum atomic E-state index is 4.61. The third kappa shape index (κ3) is 2.79. The van der Waals surface area contributed by atoms with Crippen molar-refractivity contribution in [3.8, 4) is 11.5 Å². The molecule has 19 heavy (non-hydrogen) atoms. The van der Waals surface area contributed by atoms with Gasteiger partial charge in [-0.25, -0.2) is 9.97 Å². The summed E-state index contributed by atoms with van der Waals surface area (Å²) in [6, 6.07) is 4.28. The molecule has 1 N–H and O–H groups in total. The van der Waals surface area contributed by atoms with E-state index < -0.39 is 0 Å². The minimum absolute atomic E-state index is 0.253. The maximum absolute atomic E-state index is 4.61. The molecule has 0 aliphatic rings. The predicted octanol–water partition coefficient (Wildman–Crippen LogP) is 2.69. The first kappa shape index (κ1) is 13.6. The van der Waals surface area contributed by atoms with E-state index in [1.165, 1.54) is 5.56 Å². The number of nitrogens with one attached hydrogen (secondary N) is 1. The molecule has 0 aliphatic heterocycles. The Labute approximate surface area is 114 Å². The van der Waals surface area contributed by atoms with Crippen LogP contribution >= 0.6 is 0 Å². The topological polar surface area (TPSA) is 50.7 Å². The van der Waals surface area contributed by atoms with Crippen LogP contribution < -0.4 is 5.32 Å². The Morgan fingerprint density at radius 1 is 1.32 bits per heavy atom. The number of nitrogens with zero attached hydrogens (tertiary/aromatic N) is 3. The summed E-state index contributed by atoms with van der Waals surface area (Å²) in [5.41, 5.74) is 4.19. The summed E-state index contributed by atoms with van der Waals surface area (Å²) >= 11 is 0. The maximum Gasteiger partial charge on any atom is 0.178 e. The highest BCUT2D eigenvalue weighted by atomic mass is 14.9. The molecule has 1 atom stereocenters. The molecule has 2 rings (SSSR count). The van der Waals surface area contributed by atoms with Gasteiger partial charge in [-0.05, 0) is 38.9 Å². The molecule has 2 heterocycles. The molecule has 1 unspecified atom stereocenters. The highest BCUT2D eigenvalue weighted by Crippen LogP contribution is 2.21. The number of aromatic nitrogens is 3. The zero-order chi connectivity index (χ0) is 13.8. The van der Waals surface area contributed by atoms with Gasteiger partial charge >= 0.3 is 0 Å². The van der Waals surface area contributed by atoms with Crippen LogP contribution in [0, 0.1) is 6.92 Å². The Balaban J connectivity index is 2.44. The first-order chi connectivity index (χ1) is 9.17. The fourth-order valence-corrected chi connectivity index (χ4v) is 2.10. The van der Waals surface area contributed by atoms with Crippen molar-refractivity contribution in [1.29, 1.82) is 0 Å². The van der Waals surface area contributed by atoms with Crippen molar-refractivity contribution < 1.29 is 0 Å². The van der Waals surface area contributed by atoms with Gasteiger partial charge in [0.2, 0.25) is 0 Å². The van der Waals surface area contributed by atoms with E-state index in [0.717, 1.165) is 23.4 Å². The van der Waals surface area contributed by atoms with Gasteiger partial charge in [0.05, 0.1) is 0 Å². The van der Waals surface area contributed by atoms with E-state index >= 15 is 0 Å². The normalized spacial score (nSPS) is 12.4. The summed E-state index contributed by atoms with van der Waals surface area (Å²) in [6.07, 6.45) is 4.62. The summed E-state index contributed by atoms with van der Waals surface area (Å²) in [5.74, 6) is 0.710. The van der Waals surface area contributed by atoms with Crippen molar-refractivity contribution in [3.63, 3.8) is 0 Å². The molecular weight excluding hydrogens is 236 g/mol. The smallest absolute Gasteiger partial charge is 0.178 e. The van der Waals surface area contributed by atoms with Crippen LogP contribution in [0.5, 0.6) is 0 Å². The standard InChI is InChI=1S/C15H20N4/c1-5-12-7-6-8-17-14(12)15-18-9-13(10(2)16-4)11(3)19-15/h6-10,16H,5H2,1-4H3. The third-order valence-electron chi connectivity index (χ3n) is 3.40. The van der Waals surface area contributed by atoms with Crippen LogP contribution in [-0.2, 0) is 6.42 Å². The Morgan fingerprint density at radius 2 is 2.11 bits per heavy atom. The zero-order valence-corrected chi connectivity index (χ0v) is 11.9. The Hall–Kier alpha value is -1.81. The molecule has 0 aliphatic carbocycles. The minimum atomic E-state index is 0.253. The van der Waals surface area contributed by atoms with E-state index in [1.807, 2.05) is 26.2 Å². The molecule has 4 heteroatoms. The van der Waals surface area contributed by atoms with Crippen LogP contribution in [0.15, 0.2) is 24.5 Å². The average Bonchev–Trinajstić information content (AvgIpc) is 2.46. The summed E-state index contributed by atoms with van der Waals surface area (Å²) in [6.45, 7) is 6.23. The summed E-state index contributed by atoms with van der Waals surface area (Å²) in [7, 11) is 1.94. The Morgan fingerprint density at radius 3 is 2.74 bits per heavy atom. The van der Waals surface area contributed by atoms with Crippen molar-refractivity contribution >= 4 is 0 Å². The monoisotopic (exact) mass is 256 g/mol. The fourth-order valence-electron chi connectivity index (χ4n) is 2.10. The van der Waals surface area contributed by atoms with Gasteiger partial charge in [0.15, 0.2) is 5.82 Å². The van der Waals surface area contributed by atoms with Crippen molar-refractivity contribution in [2.75, 3.05) is 7.05 Å². The molecule has 2 aromatic heterocycles.